The summed E-state index contributed by atoms with van der Waals surface area (Å²) in [6, 6.07) is 52.7. The van der Waals surface area contributed by atoms with Crippen LogP contribution in [0.3, 0.4) is 0 Å². The van der Waals surface area contributed by atoms with Gasteiger partial charge in [0.25, 0.3) is 16.7 Å². The highest BCUT2D eigenvalue weighted by Crippen LogP contribution is 2.42. The minimum atomic E-state index is -0.277. The molecule has 2 atom stereocenters. The molecule has 0 bridgehead atoms. The number of hydrogen-bond acceptors (Lipinski definition) is 9. The second-order valence-electron chi connectivity index (χ2n) is 36.2. The Hall–Kier alpha value is -9.17. The number of aromatic nitrogens is 10. The first-order chi connectivity index (χ1) is 55.7. The molecule has 14 nitrogen and oxygen atoms in total. The van der Waals surface area contributed by atoms with Crippen LogP contribution >= 0.6 is 0 Å². The Morgan fingerprint density at radius 1 is 0.319 bits per heavy atom. The third-order valence-corrected chi connectivity index (χ3v) is 16.3. The van der Waals surface area contributed by atoms with Gasteiger partial charge in [-0.1, -0.05) is 343 Å². The van der Waals surface area contributed by atoms with Crippen molar-refractivity contribution in [3.05, 3.63) is 242 Å². The molecule has 2 aliphatic rings. The number of imidazole rings is 1. The van der Waals surface area contributed by atoms with Crippen LogP contribution in [0.2, 0.25) is 0 Å². The van der Waals surface area contributed by atoms with Crippen molar-refractivity contribution in [1.29, 1.82) is 0 Å². The van der Waals surface area contributed by atoms with Crippen LogP contribution in [-0.2, 0) is 36.1 Å². The third kappa shape index (κ3) is 43.1. The minimum Gasteiger partial charge on any atom is -0.310 e. The molecule has 662 valence electrons. The average molecular weight is 1630 g/mol. The summed E-state index contributed by atoms with van der Waals surface area (Å²) in [5, 5.41) is 8.79. The molecule has 2 fully saturated rings. The molecule has 0 N–H and O–H groups in total. The fourth-order valence-corrected chi connectivity index (χ4v) is 11.6. The molecule has 14 heteroatoms. The maximum absolute atomic E-state index is 12.1. The first-order valence-electron chi connectivity index (χ1n) is 44.4. The molecule has 6 heterocycles. The van der Waals surface area contributed by atoms with Crippen molar-refractivity contribution in [2.45, 2.75) is 330 Å². The van der Waals surface area contributed by atoms with Crippen LogP contribution in [0.15, 0.2) is 214 Å². The average Bonchev–Trinajstić information content (AvgIpc) is 1.76. The Labute approximate surface area is 723 Å². The molecule has 0 saturated heterocycles. The molecule has 2 unspecified atom stereocenters. The van der Waals surface area contributed by atoms with Gasteiger partial charge in [0.2, 0.25) is 0 Å². The van der Waals surface area contributed by atoms with E-state index in [-0.39, 0.29) is 44.4 Å². The van der Waals surface area contributed by atoms with Crippen molar-refractivity contribution in [3.8, 4) is 0 Å². The molecule has 14 rings (SSSR count). The van der Waals surface area contributed by atoms with E-state index < -0.39 is 0 Å². The highest BCUT2D eigenvalue weighted by molar-refractivity contribution is 5.82. The van der Waals surface area contributed by atoms with Crippen LogP contribution in [0.25, 0.3) is 65.5 Å². The first kappa shape index (κ1) is 114. The normalized spacial score (nSPS) is 12.9. The van der Waals surface area contributed by atoms with E-state index in [4.69, 9.17) is 0 Å². The Morgan fingerprint density at radius 2 is 0.672 bits per heavy atom. The van der Waals surface area contributed by atoms with Crippen LogP contribution in [0, 0.1) is 28.1 Å². The van der Waals surface area contributed by atoms with Crippen LogP contribution in [0.1, 0.15) is 314 Å². The summed E-state index contributed by atoms with van der Waals surface area (Å²) in [6.45, 7) is 78.4. The van der Waals surface area contributed by atoms with Crippen LogP contribution in [0.4, 0.5) is 0 Å². The van der Waals surface area contributed by atoms with Gasteiger partial charge in [0.15, 0.2) is 0 Å². The SMILES string of the molecule is C1CCC2CCCC2C1.CC.CC.CC.CC.CC.CC.CC.CC(C)(C)C.CC(C)(C)C.CC(C)(C)C.CC(C)(C)n1ccc2ccccc2c1=O.CC(C)(C)n1ncc2ccccc2c1=O.Cn1c(=O)c(C(C)(C)C)nc2ccccc21.Cn1c(=O)n(C(C)(C)C)c2ccccc21.c1ccc2ncccc2c1.c1ccc2nccnc2c1. The van der Waals surface area contributed by atoms with Crippen molar-refractivity contribution in [2.75, 3.05) is 0 Å². The Balaban J connectivity index is -0.00000126. The molecule has 0 radical (unpaired) electrons. The fourth-order valence-electron chi connectivity index (χ4n) is 11.6. The van der Waals surface area contributed by atoms with Gasteiger partial charge >= 0.3 is 5.69 Å². The molecule has 0 aliphatic heterocycles. The second kappa shape index (κ2) is 57.1. The summed E-state index contributed by atoms with van der Waals surface area (Å²) in [5.74, 6) is 2.33. The van der Waals surface area contributed by atoms with E-state index in [1.54, 1.807) is 65.0 Å². The van der Waals surface area contributed by atoms with E-state index in [9.17, 15) is 19.2 Å². The minimum absolute atomic E-state index is 0.00815. The van der Waals surface area contributed by atoms with Gasteiger partial charge in [-0.25, -0.2) is 14.5 Å². The largest absolute Gasteiger partial charge is 0.329 e. The highest BCUT2D eigenvalue weighted by atomic mass is 16.2. The number of nitrogens with zero attached hydrogens (tertiary/aromatic N) is 10. The topological polar surface area (TPSA) is 157 Å². The summed E-state index contributed by atoms with van der Waals surface area (Å²) >= 11 is 0. The maximum Gasteiger partial charge on any atom is 0.329 e. The number of hydrogen-bond donors (Lipinski definition) is 0. The lowest BCUT2D eigenvalue weighted by Crippen LogP contribution is -2.35. The van der Waals surface area contributed by atoms with Gasteiger partial charge in [0.05, 0.1) is 55.7 Å². The van der Waals surface area contributed by atoms with E-state index in [1.807, 2.05) is 356 Å². The molecule has 2 aliphatic carbocycles. The Kier molecular flexibility index (Phi) is 54.7. The standard InChI is InChI=1S/C13H16N2O.C13H15NO.C12H16N2O.C12H14N2O.C9H7N.C9H16.C8H6N2.3C5H12.7C2H6/c1-13(2,3)11-12(16)15(4)10-8-6-5-7-9(10)14-11;1-13(2,3)14-9-8-10-6-4-5-7-11(10)12(14)15;1-12(2,3)14-10-8-6-5-7-9(10)13(4)11(14)15;1-12(2,3)14-11(15)10-7-5-4-6-9(10)8-13-14;1-2-6-9-8(4-1)5-3-7-10-9;1-2-5-9-7-3-6-8(9)4-1;1-2-4-8-7(3-1)9-5-6-10-8;3*1-5(2,3)4;7*1-2/h5-8H,1-4H3;4-9H,1-3H3;5-8H,1-4H3;4-8H,1-3H3;1-7H;8-9H,1-7H2;1-6H;3*1-4H3;7*1-2H3. The molecule has 119 heavy (non-hydrogen) atoms. The van der Waals surface area contributed by atoms with Crippen molar-refractivity contribution < 1.29 is 0 Å². The number of pyridine rings is 2. The number of aryl methyl sites for hydroxylation is 2. The van der Waals surface area contributed by atoms with Gasteiger partial charge < -0.3 is 9.13 Å². The molecule has 6 aromatic heterocycles. The maximum atomic E-state index is 12.1. The zero-order chi connectivity index (χ0) is 92.5. The van der Waals surface area contributed by atoms with Crippen molar-refractivity contribution in [1.82, 2.24) is 48.0 Å². The summed E-state index contributed by atoms with van der Waals surface area (Å²) in [7, 11) is 3.61. The summed E-state index contributed by atoms with van der Waals surface area (Å²) in [5.41, 5.74) is 8.05. The molecule has 0 spiro atoms. The molecule has 2 saturated carbocycles. The van der Waals surface area contributed by atoms with Gasteiger partial charge in [-0.2, -0.15) is 5.10 Å². The lowest BCUT2D eigenvalue weighted by Gasteiger charge is -2.24. The highest BCUT2D eigenvalue weighted by Gasteiger charge is 2.29. The summed E-state index contributed by atoms with van der Waals surface area (Å²) in [6.07, 6.45) is 19.6. The zero-order valence-corrected chi connectivity index (χ0v) is 82.7. The van der Waals surface area contributed by atoms with E-state index in [0.717, 1.165) is 60.2 Å². The predicted octanol–water partition coefficient (Wildman–Crippen LogP) is 29.4. The van der Waals surface area contributed by atoms with Crippen molar-refractivity contribution in [2.24, 2.45) is 42.2 Å². The third-order valence-electron chi connectivity index (χ3n) is 16.3. The molecular weight excluding hydrogens is 1470 g/mol. The van der Waals surface area contributed by atoms with Gasteiger partial charge in [-0.05, 0) is 163 Å². The van der Waals surface area contributed by atoms with E-state index in [0.29, 0.717) is 21.9 Å². The van der Waals surface area contributed by atoms with Gasteiger partial charge in [0, 0.05) is 71.5 Å². The fraction of sp³-hybridized carbons (Fsp3) is 0.533. The molecular formula is C105H168N10O4. The van der Waals surface area contributed by atoms with E-state index >= 15 is 0 Å². The van der Waals surface area contributed by atoms with Gasteiger partial charge in [0.1, 0.15) is 5.69 Å². The smallest absolute Gasteiger partial charge is 0.310 e. The van der Waals surface area contributed by atoms with Crippen LogP contribution < -0.4 is 22.4 Å². The lowest BCUT2D eigenvalue weighted by molar-refractivity contribution is 0.277. The van der Waals surface area contributed by atoms with E-state index in [2.05, 4.69) is 120 Å². The van der Waals surface area contributed by atoms with E-state index in [1.165, 1.54) is 41.2 Å². The van der Waals surface area contributed by atoms with Gasteiger partial charge in [-0.15, -0.1) is 0 Å². The number of fused-ring (bicyclic) bond motifs is 7. The first-order valence-corrected chi connectivity index (χ1v) is 44.4. The molecule has 0 amide bonds. The monoisotopic (exact) mass is 1630 g/mol. The predicted molar refractivity (Wildman–Crippen MR) is 527 cm³/mol. The molecule has 12 aromatic rings. The second-order valence-corrected chi connectivity index (χ2v) is 36.2. The number of para-hydroxylation sites is 7. The van der Waals surface area contributed by atoms with Crippen LogP contribution in [-0.4, -0.2) is 48.0 Å². The van der Waals surface area contributed by atoms with Crippen molar-refractivity contribution in [3.63, 3.8) is 0 Å². The Bertz CT molecular complexity index is 4580. The summed E-state index contributed by atoms with van der Waals surface area (Å²) in [4.78, 5) is 65.3. The zero-order valence-electron chi connectivity index (χ0n) is 82.7. The quantitative estimate of drug-likeness (QED) is 0.144. The van der Waals surface area contributed by atoms with Crippen molar-refractivity contribution >= 4 is 65.5 Å². The van der Waals surface area contributed by atoms with Crippen LogP contribution in [0.5, 0.6) is 0 Å². The molecule has 6 aromatic carbocycles. The number of benzene rings is 6. The summed E-state index contributed by atoms with van der Waals surface area (Å²) < 4.78 is 8.50. The number of rotatable bonds is 0. The Morgan fingerprint density at radius 3 is 1.09 bits per heavy atom. The van der Waals surface area contributed by atoms with Gasteiger partial charge in [-0.3, -0.25) is 38.5 Å². The lowest BCUT2D eigenvalue weighted by atomic mass is 9.82.